The zero-order valence-corrected chi connectivity index (χ0v) is 7.75. The molecular formula is C10H18O2. The minimum absolute atomic E-state index is 0.148. The van der Waals surface area contributed by atoms with Gasteiger partial charge in [-0.2, -0.15) is 0 Å². The first kappa shape index (κ1) is 9.56. The molecule has 1 N–H and O–H groups in total. The Labute approximate surface area is 74.0 Å². The van der Waals surface area contributed by atoms with Crippen LogP contribution < -0.4 is 0 Å². The quantitative estimate of drug-likeness (QED) is 0.704. The van der Waals surface area contributed by atoms with Crippen molar-refractivity contribution in [1.29, 1.82) is 0 Å². The molecule has 2 heteroatoms. The third-order valence-electron chi connectivity index (χ3n) is 2.90. The normalized spacial score (nSPS) is 21.1. The fraction of sp³-hybridized carbons (Fsp3) is 0.900. The van der Waals surface area contributed by atoms with E-state index in [1.807, 2.05) is 0 Å². The molecule has 0 unspecified atom stereocenters. The van der Waals surface area contributed by atoms with Crippen LogP contribution in [0.25, 0.3) is 0 Å². The van der Waals surface area contributed by atoms with E-state index in [1.54, 1.807) is 6.92 Å². The highest BCUT2D eigenvalue weighted by atomic mass is 16.4. The third kappa shape index (κ3) is 2.84. The number of carboxylic acids is 1. The number of aliphatic carboxylic acids is 1. The van der Waals surface area contributed by atoms with Gasteiger partial charge in [0.15, 0.2) is 0 Å². The van der Waals surface area contributed by atoms with E-state index in [0.717, 1.165) is 18.8 Å². The fourth-order valence-corrected chi connectivity index (χ4v) is 1.91. The molecule has 0 heterocycles. The molecule has 0 bridgehead atoms. The predicted molar refractivity (Wildman–Crippen MR) is 48.0 cm³/mol. The standard InChI is InChI=1S/C10H18O2/c1-8(10(11)12)6-7-9-4-2-3-5-9/h8-9H,2-7H2,1H3,(H,11,12)/t8-/m0/s1. The first-order valence-corrected chi connectivity index (χ1v) is 4.93. The van der Waals surface area contributed by atoms with Crippen LogP contribution in [0.5, 0.6) is 0 Å². The fourth-order valence-electron chi connectivity index (χ4n) is 1.91. The molecule has 1 fully saturated rings. The molecule has 1 rings (SSSR count). The number of hydrogen-bond donors (Lipinski definition) is 1. The van der Waals surface area contributed by atoms with E-state index >= 15 is 0 Å². The van der Waals surface area contributed by atoms with Crippen molar-refractivity contribution in [3.8, 4) is 0 Å². The second kappa shape index (κ2) is 4.48. The van der Waals surface area contributed by atoms with Crippen molar-refractivity contribution in [2.75, 3.05) is 0 Å². The summed E-state index contributed by atoms with van der Waals surface area (Å²) >= 11 is 0. The Hall–Kier alpha value is -0.530. The molecule has 1 aliphatic carbocycles. The summed E-state index contributed by atoms with van der Waals surface area (Å²) in [6.45, 7) is 1.80. The molecule has 0 spiro atoms. The average Bonchev–Trinajstić information content (AvgIpc) is 2.51. The number of rotatable bonds is 4. The largest absolute Gasteiger partial charge is 0.481 e. The maximum atomic E-state index is 10.5. The van der Waals surface area contributed by atoms with Crippen molar-refractivity contribution in [2.24, 2.45) is 11.8 Å². The topological polar surface area (TPSA) is 37.3 Å². The Bertz CT molecular complexity index is 148. The van der Waals surface area contributed by atoms with Gasteiger partial charge in [-0.05, 0) is 18.8 Å². The Morgan fingerprint density at radius 3 is 2.58 bits per heavy atom. The zero-order chi connectivity index (χ0) is 8.97. The third-order valence-corrected chi connectivity index (χ3v) is 2.90. The maximum absolute atomic E-state index is 10.5. The van der Waals surface area contributed by atoms with E-state index in [-0.39, 0.29) is 5.92 Å². The van der Waals surface area contributed by atoms with Crippen LogP contribution >= 0.6 is 0 Å². The molecule has 70 valence electrons. The first-order valence-electron chi connectivity index (χ1n) is 4.93. The van der Waals surface area contributed by atoms with Gasteiger partial charge in [-0.15, -0.1) is 0 Å². The molecule has 0 aromatic heterocycles. The van der Waals surface area contributed by atoms with E-state index < -0.39 is 5.97 Å². The van der Waals surface area contributed by atoms with Crippen molar-refractivity contribution in [3.05, 3.63) is 0 Å². The summed E-state index contributed by atoms with van der Waals surface area (Å²) in [5.41, 5.74) is 0. The first-order chi connectivity index (χ1) is 5.70. The highest BCUT2D eigenvalue weighted by molar-refractivity contribution is 5.69. The molecule has 1 atom stereocenters. The van der Waals surface area contributed by atoms with Crippen LogP contribution in [0, 0.1) is 11.8 Å². The molecule has 0 aromatic rings. The summed E-state index contributed by atoms with van der Waals surface area (Å²) in [6.07, 6.45) is 7.34. The summed E-state index contributed by atoms with van der Waals surface area (Å²) < 4.78 is 0. The molecule has 0 radical (unpaired) electrons. The van der Waals surface area contributed by atoms with Crippen LogP contribution in [0.3, 0.4) is 0 Å². The van der Waals surface area contributed by atoms with Gasteiger partial charge in [0.05, 0.1) is 5.92 Å². The Kier molecular flexibility index (Phi) is 3.57. The number of hydrogen-bond acceptors (Lipinski definition) is 1. The lowest BCUT2D eigenvalue weighted by Crippen LogP contribution is -2.10. The number of carbonyl (C=O) groups is 1. The van der Waals surface area contributed by atoms with Gasteiger partial charge < -0.3 is 5.11 Å². The molecule has 0 amide bonds. The summed E-state index contributed by atoms with van der Waals surface area (Å²) in [7, 11) is 0. The Morgan fingerprint density at radius 1 is 1.50 bits per heavy atom. The molecule has 0 aromatic carbocycles. The Balaban J connectivity index is 2.11. The van der Waals surface area contributed by atoms with Gasteiger partial charge in [-0.1, -0.05) is 32.6 Å². The van der Waals surface area contributed by atoms with Gasteiger partial charge in [0.1, 0.15) is 0 Å². The highest BCUT2D eigenvalue weighted by Gasteiger charge is 2.17. The van der Waals surface area contributed by atoms with Crippen molar-refractivity contribution in [3.63, 3.8) is 0 Å². The van der Waals surface area contributed by atoms with Crippen molar-refractivity contribution in [2.45, 2.75) is 45.4 Å². The predicted octanol–water partition coefficient (Wildman–Crippen LogP) is 2.68. The highest BCUT2D eigenvalue weighted by Crippen LogP contribution is 2.29. The monoisotopic (exact) mass is 170 g/mol. The second-order valence-electron chi connectivity index (χ2n) is 3.97. The number of carboxylic acid groups (broad SMARTS) is 1. The second-order valence-corrected chi connectivity index (χ2v) is 3.97. The van der Waals surface area contributed by atoms with E-state index in [0.29, 0.717) is 0 Å². The van der Waals surface area contributed by atoms with Gasteiger partial charge in [0.25, 0.3) is 0 Å². The van der Waals surface area contributed by atoms with E-state index in [1.165, 1.54) is 25.7 Å². The van der Waals surface area contributed by atoms with Crippen LogP contribution in [0.15, 0.2) is 0 Å². The van der Waals surface area contributed by atoms with Crippen LogP contribution in [0.4, 0.5) is 0 Å². The minimum Gasteiger partial charge on any atom is -0.481 e. The summed E-state index contributed by atoms with van der Waals surface area (Å²) in [5.74, 6) is 0.0328. The SMILES string of the molecule is C[C@@H](CCC1CCCC1)C(=O)O. The van der Waals surface area contributed by atoms with Gasteiger partial charge in [-0.25, -0.2) is 0 Å². The smallest absolute Gasteiger partial charge is 0.306 e. The molecule has 2 nitrogen and oxygen atoms in total. The summed E-state index contributed by atoms with van der Waals surface area (Å²) in [4.78, 5) is 10.5. The molecule has 1 saturated carbocycles. The van der Waals surface area contributed by atoms with Crippen molar-refractivity contribution < 1.29 is 9.90 Å². The molecule has 0 saturated heterocycles. The summed E-state index contributed by atoms with van der Waals surface area (Å²) in [6, 6.07) is 0. The lowest BCUT2D eigenvalue weighted by Gasteiger charge is -2.10. The van der Waals surface area contributed by atoms with Gasteiger partial charge in [-0.3, -0.25) is 4.79 Å². The van der Waals surface area contributed by atoms with Crippen LogP contribution in [-0.4, -0.2) is 11.1 Å². The lowest BCUT2D eigenvalue weighted by atomic mass is 9.96. The summed E-state index contributed by atoms with van der Waals surface area (Å²) in [5, 5.41) is 8.66. The van der Waals surface area contributed by atoms with Crippen LogP contribution in [0.2, 0.25) is 0 Å². The van der Waals surface area contributed by atoms with E-state index in [9.17, 15) is 4.79 Å². The van der Waals surface area contributed by atoms with Crippen molar-refractivity contribution in [1.82, 2.24) is 0 Å². The van der Waals surface area contributed by atoms with Gasteiger partial charge in [0, 0.05) is 0 Å². The molecule has 0 aliphatic heterocycles. The average molecular weight is 170 g/mol. The Morgan fingerprint density at radius 2 is 2.08 bits per heavy atom. The van der Waals surface area contributed by atoms with Gasteiger partial charge >= 0.3 is 5.97 Å². The molecule has 12 heavy (non-hydrogen) atoms. The van der Waals surface area contributed by atoms with E-state index in [2.05, 4.69) is 0 Å². The van der Waals surface area contributed by atoms with Crippen molar-refractivity contribution >= 4 is 5.97 Å². The van der Waals surface area contributed by atoms with Crippen LogP contribution in [0.1, 0.15) is 45.4 Å². The molecular weight excluding hydrogens is 152 g/mol. The van der Waals surface area contributed by atoms with Gasteiger partial charge in [0.2, 0.25) is 0 Å². The van der Waals surface area contributed by atoms with Crippen LogP contribution in [-0.2, 0) is 4.79 Å². The zero-order valence-electron chi connectivity index (χ0n) is 7.75. The molecule has 1 aliphatic rings. The van der Waals surface area contributed by atoms with E-state index in [4.69, 9.17) is 5.11 Å². The minimum atomic E-state index is -0.645. The maximum Gasteiger partial charge on any atom is 0.306 e. The lowest BCUT2D eigenvalue weighted by molar-refractivity contribution is -0.141.